The first-order chi connectivity index (χ1) is 7.68. The van der Waals surface area contributed by atoms with Crippen molar-refractivity contribution in [2.75, 3.05) is 20.2 Å². The molecule has 1 heterocycles. The lowest BCUT2D eigenvalue weighted by Gasteiger charge is -2.24. The standard InChI is InChI=1S/C11H18FNO4/c1-10(2,3)17-9(15)13-6-5-11(12,7-13)8(14)16-4/h5-7H2,1-4H3/t11-/m0/s1. The molecule has 1 rings (SSSR count). The molecular weight excluding hydrogens is 229 g/mol. The highest BCUT2D eigenvalue weighted by atomic mass is 19.1. The highest BCUT2D eigenvalue weighted by molar-refractivity contribution is 5.81. The SMILES string of the molecule is COC(=O)[C@]1(F)CCN(C(=O)OC(C)(C)C)C1. The van der Waals surface area contributed by atoms with Gasteiger partial charge in [0.05, 0.1) is 13.7 Å². The molecule has 0 N–H and O–H groups in total. The summed E-state index contributed by atoms with van der Waals surface area (Å²) < 4.78 is 23.5. The number of carbonyl (C=O) groups is 2. The van der Waals surface area contributed by atoms with Crippen molar-refractivity contribution in [1.29, 1.82) is 0 Å². The van der Waals surface area contributed by atoms with E-state index in [1.54, 1.807) is 20.8 Å². The van der Waals surface area contributed by atoms with Crippen LogP contribution in [0.15, 0.2) is 0 Å². The third kappa shape index (κ3) is 3.31. The number of hydrogen-bond acceptors (Lipinski definition) is 4. The van der Waals surface area contributed by atoms with Gasteiger partial charge >= 0.3 is 12.1 Å². The van der Waals surface area contributed by atoms with Gasteiger partial charge in [0.15, 0.2) is 0 Å². The lowest BCUT2D eigenvalue weighted by atomic mass is 10.1. The topological polar surface area (TPSA) is 55.8 Å². The molecule has 1 aliphatic rings. The molecule has 1 saturated heterocycles. The molecule has 0 unspecified atom stereocenters. The number of likely N-dealkylation sites (tertiary alicyclic amines) is 1. The normalized spacial score (nSPS) is 24.6. The Balaban J connectivity index is 2.62. The Bertz CT molecular complexity index is 326. The third-order valence-electron chi connectivity index (χ3n) is 2.42. The average Bonchev–Trinajstić information content (AvgIpc) is 2.58. The predicted octanol–water partition coefficient (Wildman–Crippen LogP) is 1.51. The van der Waals surface area contributed by atoms with Crippen molar-refractivity contribution in [2.45, 2.75) is 38.5 Å². The molecule has 0 aromatic carbocycles. The first-order valence-corrected chi connectivity index (χ1v) is 5.43. The largest absolute Gasteiger partial charge is 0.467 e. The highest BCUT2D eigenvalue weighted by Crippen LogP contribution is 2.28. The van der Waals surface area contributed by atoms with Crippen LogP contribution in [0, 0.1) is 0 Å². The lowest BCUT2D eigenvalue weighted by molar-refractivity contribution is -0.153. The summed E-state index contributed by atoms with van der Waals surface area (Å²) in [5.74, 6) is -0.941. The van der Waals surface area contributed by atoms with Crippen LogP contribution in [0.1, 0.15) is 27.2 Å². The fourth-order valence-electron chi connectivity index (χ4n) is 1.60. The number of halogens is 1. The Morgan fingerprint density at radius 3 is 2.41 bits per heavy atom. The van der Waals surface area contributed by atoms with Crippen molar-refractivity contribution < 1.29 is 23.5 Å². The van der Waals surface area contributed by atoms with Gasteiger partial charge in [-0.25, -0.2) is 14.0 Å². The van der Waals surface area contributed by atoms with Crippen molar-refractivity contribution in [3.05, 3.63) is 0 Å². The molecule has 98 valence electrons. The Morgan fingerprint density at radius 2 is 1.94 bits per heavy atom. The number of rotatable bonds is 1. The number of hydrogen-bond donors (Lipinski definition) is 0. The quantitative estimate of drug-likeness (QED) is 0.659. The number of ether oxygens (including phenoxy) is 2. The van der Waals surface area contributed by atoms with Crippen LogP contribution in [0.5, 0.6) is 0 Å². The second-order valence-electron chi connectivity index (χ2n) is 5.11. The van der Waals surface area contributed by atoms with Crippen LogP contribution < -0.4 is 0 Å². The number of carbonyl (C=O) groups excluding carboxylic acids is 2. The number of methoxy groups -OCH3 is 1. The van der Waals surface area contributed by atoms with E-state index in [2.05, 4.69) is 4.74 Å². The van der Waals surface area contributed by atoms with E-state index in [1.165, 1.54) is 4.90 Å². The fraction of sp³-hybridized carbons (Fsp3) is 0.818. The summed E-state index contributed by atoms with van der Waals surface area (Å²) in [6, 6.07) is 0. The van der Waals surface area contributed by atoms with Crippen LogP contribution in [-0.4, -0.2) is 48.4 Å². The molecule has 0 radical (unpaired) electrons. The van der Waals surface area contributed by atoms with Crippen molar-refractivity contribution in [1.82, 2.24) is 4.90 Å². The van der Waals surface area contributed by atoms with Crippen LogP contribution in [0.25, 0.3) is 0 Å². The van der Waals surface area contributed by atoms with E-state index < -0.39 is 23.3 Å². The molecular formula is C11H18FNO4. The smallest absolute Gasteiger partial charge is 0.410 e. The molecule has 0 saturated carbocycles. The van der Waals surface area contributed by atoms with Crippen LogP contribution in [-0.2, 0) is 14.3 Å². The molecule has 0 bridgehead atoms. The predicted molar refractivity (Wildman–Crippen MR) is 58.3 cm³/mol. The third-order valence-corrected chi connectivity index (χ3v) is 2.42. The second kappa shape index (κ2) is 4.50. The first kappa shape index (κ1) is 13.7. The van der Waals surface area contributed by atoms with Gasteiger partial charge in [0.1, 0.15) is 5.60 Å². The second-order valence-corrected chi connectivity index (χ2v) is 5.11. The van der Waals surface area contributed by atoms with Crippen molar-refractivity contribution >= 4 is 12.1 Å². The van der Waals surface area contributed by atoms with Gasteiger partial charge in [-0.05, 0) is 20.8 Å². The zero-order chi connectivity index (χ0) is 13.3. The van der Waals surface area contributed by atoms with E-state index in [1.807, 2.05) is 0 Å². The lowest BCUT2D eigenvalue weighted by Crippen LogP contribution is -2.41. The summed E-state index contributed by atoms with van der Waals surface area (Å²) in [5, 5.41) is 0. The molecule has 0 aromatic rings. The maximum atomic E-state index is 14.0. The van der Waals surface area contributed by atoms with Gasteiger partial charge in [-0.3, -0.25) is 0 Å². The highest BCUT2D eigenvalue weighted by Gasteiger charge is 2.48. The number of nitrogens with zero attached hydrogens (tertiary/aromatic N) is 1. The number of esters is 1. The molecule has 0 aliphatic carbocycles. The summed E-state index contributed by atoms with van der Waals surface area (Å²) in [6.07, 6.45) is -0.667. The minimum Gasteiger partial charge on any atom is -0.467 e. The van der Waals surface area contributed by atoms with Gasteiger partial charge in [0, 0.05) is 13.0 Å². The molecule has 5 nitrogen and oxygen atoms in total. The molecule has 1 amide bonds. The van der Waals surface area contributed by atoms with Gasteiger partial charge in [0.2, 0.25) is 5.67 Å². The maximum absolute atomic E-state index is 14.0. The summed E-state index contributed by atoms with van der Waals surface area (Å²) in [7, 11) is 1.12. The molecule has 0 spiro atoms. The van der Waals surface area contributed by atoms with Gasteiger partial charge < -0.3 is 14.4 Å². The first-order valence-electron chi connectivity index (χ1n) is 5.43. The maximum Gasteiger partial charge on any atom is 0.410 e. The van der Waals surface area contributed by atoms with E-state index in [4.69, 9.17) is 4.74 Å². The van der Waals surface area contributed by atoms with E-state index in [9.17, 15) is 14.0 Å². The van der Waals surface area contributed by atoms with Crippen molar-refractivity contribution in [2.24, 2.45) is 0 Å². The Morgan fingerprint density at radius 1 is 1.35 bits per heavy atom. The molecule has 1 fully saturated rings. The molecule has 6 heteroatoms. The minimum absolute atomic E-state index is 0.0566. The van der Waals surface area contributed by atoms with Crippen LogP contribution in [0.4, 0.5) is 9.18 Å². The molecule has 17 heavy (non-hydrogen) atoms. The Kier molecular flexibility index (Phi) is 3.64. The Hall–Kier alpha value is -1.33. The summed E-state index contributed by atoms with van der Waals surface area (Å²) in [5.41, 5.74) is -2.74. The van der Waals surface area contributed by atoms with Crippen LogP contribution in [0.2, 0.25) is 0 Å². The van der Waals surface area contributed by atoms with E-state index in [-0.39, 0.29) is 19.5 Å². The van der Waals surface area contributed by atoms with E-state index >= 15 is 0 Å². The fourth-order valence-corrected chi connectivity index (χ4v) is 1.60. The molecule has 1 atom stereocenters. The van der Waals surface area contributed by atoms with Crippen molar-refractivity contribution in [3.8, 4) is 0 Å². The van der Waals surface area contributed by atoms with Crippen LogP contribution in [0.3, 0.4) is 0 Å². The van der Waals surface area contributed by atoms with Crippen molar-refractivity contribution in [3.63, 3.8) is 0 Å². The molecule has 1 aliphatic heterocycles. The summed E-state index contributed by atoms with van der Waals surface area (Å²) in [6.45, 7) is 5.02. The summed E-state index contributed by atoms with van der Waals surface area (Å²) in [4.78, 5) is 24.0. The monoisotopic (exact) mass is 247 g/mol. The minimum atomic E-state index is -2.11. The van der Waals surface area contributed by atoms with Gasteiger partial charge in [-0.2, -0.15) is 0 Å². The van der Waals surface area contributed by atoms with E-state index in [0.717, 1.165) is 7.11 Å². The average molecular weight is 247 g/mol. The number of alkyl halides is 1. The van der Waals surface area contributed by atoms with Crippen LogP contribution >= 0.6 is 0 Å². The zero-order valence-corrected chi connectivity index (χ0v) is 10.6. The van der Waals surface area contributed by atoms with Gasteiger partial charge in [-0.15, -0.1) is 0 Å². The Labute approximate surface area is 99.9 Å². The van der Waals surface area contributed by atoms with Gasteiger partial charge in [-0.1, -0.05) is 0 Å². The van der Waals surface area contributed by atoms with Gasteiger partial charge in [0.25, 0.3) is 0 Å². The number of amides is 1. The zero-order valence-electron chi connectivity index (χ0n) is 10.6. The van der Waals surface area contributed by atoms with E-state index in [0.29, 0.717) is 0 Å². The molecule has 0 aromatic heterocycles. The summed E-state index contributed by atoms with van der Waals surface area (Å²) >= 11 is 0.